The van der Waals surface area contributed by atoms with E-state index in [0.29, 0.717) is 42.3 Å². The molecule has 2 aromatic carbocycles. The van der Waals surface area contributed by atoms with E-state index in [1.807, 2.05) is 24.8 Å². The zero-order chi connectivity index (χ0) is 21.0. The van der Waals surface area contributed by atoms with Gasteiger partial charge in [-0.15, -0.1) is 0 Å². The molecule has 29 heavy (non-hydrogen) atoms. The van der Waals surface area contributed by atoms with Crippen molar-refractivity contribution < 1.29 is 13.2 Å². The predicted molar refractivity (Wildman–Crippen MR) is 111 cm³/mol. The second-order valence-electron chi connectivity index (χ2n) is 7.11. The molecule has 1 aliphatic rings. The first kappa shape index (κ1) is 21.0. The van der Waals surface area contributed by atoms with E-state index in [2.05, 4.69) is 5.32 Å². The van der Waals surface area contributed by atoms with Crippen molar-refractivity contribution in [2.45, 2.75) is 24.8 Å². The van der Waals surface area contributed by atoms with Gasteiger partial charge in [-0.2, -0.15) is 9.57 Å². The minimum atomic E-state index is -3.52. The van der Waals surface area contributed by atoms with E-state index < -0.39 is 16.1 Å². The highest BCUT2D eigenvalue weighted by atomic mass is 32.2. The number of amides is 1. The number of rotatable bonds is 5. The first-order valence-corrected chi connectivity index (χ1v) is 10.9. The monoisotopic (exact) mass is 412 g/mol. The molecule has 1 heterocycles. The molecule has 0 aromatic heterocycles. The summed E-state index contributed by atoms with van der Waals surface area (Å²) in [5.74, 6) is -0.162. The lowest BCUT2D eigenvalue weighted by Crippen LogP contribution is -2.53. The Morgan fingerprint density at radius 3 is 2.17 bits per heavy atom. The van der Waals surface area contributed by atoms with Crippen LogP contribution in [0.3, 0.4) is 0 Å². The molecule has 0 radical (unpaired) electrons. The summed E-state index contributed by atoms with van der Waals surface area (Å²) in [7, 11) is -3.52. The van der Waals surface area contributed by atoms with E-state index in [0.717, 1.165) is 5.56 Å². The first-order chi connectivity index (χ1) is 13.8. The molecule has 1 aliphatic heterocycles. The van der Waals surface area contributed by atoms with Gasteiger partial charge < -0.3 is 5.32 Å². The molecular weight excluding hydrogens is 388 g/mol. The normalized spacial score (nSPS) is 16.7. The molecule has 0 unspecified atom stereocenters. The lowest BCUT2D eigenvalue weighted by molar-refractivity contribution is -0.121. The fourth-order valence-corrected chi connectivity index (χ4v) is 4.65. The second kappa shape index (κ2) is 8.74. The van der Waals surface area contributed by atoms with Gasteiger partial charge in [-0.05, 0) is 50.2 Å². The number of nitrogens with zero attached hydrogens (tertiary/aromatic N) is 3. The molecule has 1 atom stereocenters. The first-order valence-electron chi connectivity index (χ1n) is 9.43. The van der Waals surface area contributed by atoms with Crippen LogP contribution in [0.4, 0.5) is 5.69 Å². The number of carbonyl (C=O) groups excluding carboxylic acids is 1. The quantitative estimate of drug-likeness (QED) is 0.813. The molecule has 1 fully saturated rings. The zero-order valence-electron chi connectivity index (χ0n) is 16.5. The molecular formula is C21H24N4O3S. The Labute approximate surface area is 171 Å². The van der Waals surface area contributed by atoms with Crippen LogP contribution in [0.1, 0.15) is 18.1 Å². The van der Waals surface area contributed by atoms with Crippen molar-refractivity contribution in [3.05, 3.63) is 59.7 Å². The van der Waals surface area contributed by atoms with Crippen molar-refractivity contribution in [3.8, 4) is 6.07 Å². The van der Waals surface area contributed by atoms with E-state index in [9.17, 15) is 13.2 Å². The SMILES string of the molecule is Cc1ccc(S(=O)(=O)N2CCN([C@@H](C)C(=O)Nc3ccc(C#N)cc3)CC2)cc1. The summed E-state index contributed by atoms with van der Waals surface area (Å²) in [5, 5.41) is 11.7. The van der Waals surface area contributed by atoms with Gasteiger partial charge in [0.25, 0.3) is 0 Å². The van der Waals surface area contributed by atoms with Crippen molar-refractivity contribution in [2.75, 3.05) is 31.5 Å². The third kappa shape index (κ3) is 4.82. The number of aryl methyl sites for hydroxylation is 1. The topological polar surface area (TPSA) is 93.5 Å². The van der Waals surface area contributed by atoms with Crippen LogP contribution < -0.4 is 5.32 Å². The average Bonchev–Trinajstić information content (AvgIpc) is 2.74. The van der Waals surface area contributed by atoms with E-state index in [1.54, 1.807) is 48.5 Å². The summed E-state index contributed by atoms with van der Waals surface area (Å²) in [6.07, 6.45) is 0. The van der Waals surface area contributed by atoms with Crippen LogP contribution in [-0.4, -0.2) is 55.8 Å². The van der Waals surface area contributed by atoms with Gasteiger partial charge in [0, 0.05) is 31.9 Å². The minimum Gasteiger partial charge on any atom is -0.325 e. The van der Waals surface area contributed by atoms with Gasteiger partial charge in [-0.3, -0.25) is 9.69 Å². The van der Waals surface area contributed by atoms with Crippen molar-refractivity contribution in [1.29, 1.82) is 5.26 Å². The number of sulfonamides is 1. The van der Waals surface area contributed by atoms with Crippen molar-refractivity contribution in [2.24, 2.45) is 0 Å². The molecule has 1 amide bonds. The Kier molecular flexibility index (Phi) is 6.33. The van der Waals surface area contributed by atoms with Crippen molar-refractivity contribution in [3.63, 3.8) is 0 Å². The standard InChI is InChI=1S/C21H24N4O3S/c1-16-3-9-20(10-4-16)29(27,28)25-13-11-24(12-14-25)17(2)21(26)23-19-7-5-18(15-22)6-8-19/h3-10,17H,11-14H2,1-2H3,(H,23,26)/t17-/m0/s1. The number of nitriles is 1. The molecule has 0 spiro atoms. The maximum absolute atomic E-state index is 12.8. The maximum atomic E-state index is 12.8. The Balaban J connectivity index is 1.58. The average molecular weight is 413 g/mol. The van der Waals surface area contributed by atoms with Crippen LogP contribution in [-0.2, 0) is 14.8 Å². The number of carbonyl (C=O) groups is 1. The van der Waals surface area contributed by atoms with E-state index >= 15 is 0 Å². The Morgan fingerprint density at radius 2 is 1.62 bits per heavy atom. The van der Waals surface area contributed by atoms with Crippen LogP contribution in [0.15, 0.2) is 53.4 Å². The Hall–Kier alpha value is -2.73. The number of nitrogens with one attached hydrogen (secondary N) is 1. The predicted octanol–water partition coefficient (Wildman–Crippen LogP) is 2.20. The van der Waals surface area contributed by atoms with Gasteiger partial charge in [0.15, 0.2) is 0 Å². The summed E-state index contributed by atoms with van der Waals surface area (Å²) < 4.78 is 27.1. The van der Waals surface area contributed by atoms with Gasteiger partial charge in [0.1, 0.15) is 0 Å². The summed E-state index contributed by atoms with van der Waals surface area (Å²) in [6, 6.07) is 15.2. The third-order valence-corrected chi connectivity index (χ3v) is 7.05. The zero-order valence-corrected chi connectivity index (χ0v) is 17.3. The maximum Gasteiger partial charge on any atom is 0.243 e. The number of piperazine rings is 1. The largest absolute Gasteiger partial charge is 0.325 e. The van der Waals surface area contributed by atoms with Crippen molar-refractivity contribution >= 4 is 21.6 Å². The number of hydrogen-bond donors (Lipinski definition) is 1. The molecule has 1 saturated heterocycles. The third-order valence-electron chi connectivity index (χ3n) is 5.14. The van der Waals surface area contributed by atoms with E-state index in [-0.39, 0.29) is 5.91 Å². The Morgan fingerprint density at radius 1 is 1.03 bits per heavy atom. The van der Waals surface area contributed by atoms with E-state index in [4.69, 9.17) is 5.26 Å². The second-order valence-corrected chi connectivity index (χ2v) is 9.05. The summed E-state index contributed by atoms with van der Waals surface area (Å²) in [5.41, 5.74) is 2.17. The highest BCUT2D eigenvalue weighted by Crippen LogP contribution is 2.19. The van der Waals surface area contributed by atoms with Gasteiger partial charge in [-0.25, -0.2) is 8.42 Å². The molecule has 3 rings (SSSR count). The Bertz CT molecular complexity index is 1000. The summed E-state index contributed by atoms with van der Waals surface area (Å²) in [4.78, 5) is 14.8. The van der Waals surface area contributed by atoms with Gasteiger partial charge in [0.05, 0.1) is 22.6 Å². The molecule has 0 aliphatic carbocycles. The van der Waals surface area contributed by atoms with Crippen LogP contribution in [0, 0.1) is 18.3 Å². The van der Waals surface area contributed by atoms with Gasteiger partial charge in [-0.1, -0.05) is 17.7 Å². The molecule has 152 valence electrons. The fourth-order valence-electron chi connectivity index (χ4n) is 3.23. The van der Waals surface area contributed by atoms with Crippen LogP contribution >= 0.6 is 0 Å². The molecule has 0 saturated carbocycles. The lowest BCUT2D eigenvalue weighted by Gasteiger charge is -2.36. The fraction of sp³-hybridized carbons (Fsp3) is 0.333. The molecule has 0 bridgehead atoms. The highest BCUT2D eigenvalue weighted by molar-refractivity contribution is 7.89. The highest BCUT2D eigenvalue weighted by Gasteiger charge is 2.31. The minimum absolute atomic E-state index is 0.162. The van der Waals surface area contributed by atoms with Gasteiger partial charge in [0.2, 0.25) is 15.9 Å². The van der Waals surface area contributed by atoms with Crippen molar-refractivity contribution in [1.82, 2.24) is 9.21 Å². The van der Waals surface area contributed by atoms with Crippen LogP contribution in [0.2, 0.25) is 0 Å². The molecule has 2 aromatic rings. The molecule has 7 nitrogen and oxygen atoms in total. The smallest absolute Gasteiger partial charge is 0.243 e. The summed E-state index contributed by atoms with van der Waals surface area (Å²) in [6.45, 7) is 5.36. The van der Waals surface area contributed by atoms with Crippen LogP contribution in [0.25, 0.3) is 0 Å². The van der Waals surface area contributed by atoms with E-state index in [1.165, 1.54) is 4.31 Å². The lowest BCUT2D eigenvalue weighted by atomic mass is 10.2. The molecule has 8 heteroatoms. The van der Waals surface area contributed by atoms with Gasteiger partial charge >= 0.3 is 0 Å². The number of benzene rings is 2. The number of anilines is 1. The summed E-state index contributed by atoms with van der Waals surface area (Å²) >= 11 is 0. The van der Waals surface area contributed by atoms with Crippen LogP contribution in [0.5, 0.6) is 0 Å². The number of hydrogen-bond acceptors (Lipinski definition) is 5. The molecule has 1 N–H and O–H groups in total.